The molecule has 4 heteroatoms. The Kier molecular flexibility index (Phi) is 5.36. The highest BCUT2D eigenvalue weighted by Gasteiger charge is 2.10. The van der Waals surface area contributed by atoms with E-state index in [1.807, 2.05) is 23.7 Å². The largest absolute Gasteiger partial charge is 0.497 e. The van der Waals surface area contributed by atoms with Crippen molar-refractivity contribution >= 4 is 11.3 Å². The van der Waals surface area contributed by atoms with Crippen LogP contribution in [0.1, 0.15) is 30.0 Å². The summed E-state index contributed by atoms with van der Waals surface area (Å²) >= 11 is 1.72. The number of ether oxygens (including phenoxy) is 1. The van der Waals surface area contributed by atoms with Crippen molar-refractivity contribution < 1.29 is 4.74 Å². The fourth-order valence-electron chi connectivity index (χ4n) is 2.00. The zero-order chi connectivity index (χ0) is 13.5. The van der Waals surface area contributed by atoms with Gasteiger partial charge in [0.25, 0.3) is 0 Å². The molecule has 1 N–H and O–H groups in total. The van der Waals surface area contributed by atoms with E-state index in [0.717, 1.165) is 25.1 Å². The smallest absolute Gasteiger partial charge is 0.118 e. The molecule has 2 aromatic rings. The van der Waals surface area contributed by atoms with Crippen LogP contribution >= 0.6 is 11.3 Å². The molecule has 0 spiro atoms. The van der Waals surface area contributed by atoms with E-state index in [1.54, 1.807) is 18.4 Å². The van der Waals surface area contributed by atoms with E-state index in [4.69, 9.17) is 4.74 Å². The number of nitrogens with zero attached hydrogens (tertiary/aromatic N) is 1. The third kappa shape index (κ3) is 4.04. The van der Waals surface area contributed by atoms with Crippen molar-refractivity contribution in [2.45, 2.75) is 25.8 Å². The highest BCUT2D eigenvalue weighted by molar-refractivity contribution is 7.09. The van der Waals surface area contributed by atoms with Crippen LogP contribution in [-0.2, 0) is 6.42 Å². The van der Waals surface area contributed by atoms with Crippen LogP contribution in [0, 0.1) is 0 Å². The topological polar surface area (TPSA) is 34.1 Å². The zero-order valence-electron chi connectivity index (χ0n) is 11.4. The lowest BCUT2D eigenvalue weighted by Gasteiger charge is -2.14. The number of hydrogen-bond acceptors (Lipinski definition) is 4. The van der Waals surface area contributed by atoms with Crippen molar-refractivity contribution in [1.29, 1.82) is 0 Å². The molecule has 0 aliphatic carbocycles. The van der Waals surface area contributed by atoms with E-state index in [0.29, 0.717) is 6.04 Å². The fourth-order valence-corrected chi connectivity index (χ4v) is 2.79. The van der Waals surface area contributed by atoms with E-state index in [2.05, 4.69) is 29.4 Å². The van der Waals surface area contributed by atoms with Crippen LogP contribution in [-0.4, -0.2) is 18.6 Å². The van der Waals surface area contributed by atoms with Gasteiger partial charge >= 0.3 is 0 Å². The van der Waals surface area contributed by atoms with Gasteiger partial charge in [0, 0.05) is 11.6 Å². The lowest BCUT2D eigenvalue weighted by atomic mass is 10.1. The molecule has 102 valence electrons. The van der Waals surface area contributed by atoms with Crippen LogP contribution in [0.15, 0.2) is 35.8 Å². The molecular weight excluding hydrogens is 256 g/mol. The maximum absolute atomic E-state index is 5.16. The Bertz CT molecular complexity index is 467. The molecule has 3 nitrogen and oxygen atoms in total. The van der Waals surface area contributed by atoms with Crippen LogP contribution < -0.4 is 10.1 Å². The predicted molar refractivity (Wildman–Crippen MR) is 79.8 cm³/mol. The molecule has 0 bridgehead atoms. The zero-order valence-corrected chi connectivity index (χ0v) is 12.2. The lowest BCUT2D eigenvalue weighted by Crippen LogP contribution is -2.23. The van der Waals surface area contributed by atoms with Gasteiger partial charge in [0.2, 0.25) is 0 Å². The van der Waals surface area contributed by atoms with Crippen molar-refractivity contribution in [3.8, 4) is 5.75 Å². The Morgan fingerprint density at radius 1 is 1.32 bits per heavy atom. The van der Waals surface area contributed by atoms with Crippen molar-refractivity contribution in [2.24, 2.45) is 0 Å². The third-order valence-electron chi connectivity index (χ3n) is 3.12. The van der Waals surface area contributed by atoms with Gasteiger partial charge in [0.15, 0.2) is 0 Å². The minimum Gasteiger partial charge on any atom is -0.497 e. The van der Waals surface area contributed by atoms with Crippen LogP contribution in [0.3, 0.4) is 0 Å². The first kappa shape index (κ1) is 14.0. The second-order valence-electron chi connectivity index (χ2n) is 4.38. The van der Waals surface area contributed by atoms with Crippen molar-refractivity contribution in [2.75, 3.05) is 13.7 Å². The molecule has 1 unspecified atom stereocenters. The summed E-state index contributed by atoms with van der Waals surface area (Å²) in [4.78, 5) is 4.38. The molecule has 1 aromatic heterocycles. The molecule has 0 amide bonds. The number of benzene rings is 1. The van der Waals surface area contributed by atoms with E-state index >= 15 is 0 Å². The number of hydrogen-bond donors (Lipinski definition) is 1. The summed E-state index contributed by atoms with van der Waals surface area (Å²) in [5.41, 5.74) is 1.32. The van der Waals surface area contributed by atoms with E-state index in [9.17, 15) is 0 Å². The summed E-state index contributed by atoms with van der Waals surface area (Å²) in [6.45, 7) is 3.15. The minimum atomic E-state index is 0.373. The maximum atomic E-state index is 5.16. The molecular formula is C15H20N2OS. The van der Waals surface area contributed by atoms with Crippen LogP contribution in [0.2, 0.25) is 0 Å². The second kappa shape index (κ2) is 7.26. The maximum Gasteiger partial charge on any atom is 0.118 e. The van der Waals surface area contributed by atoms with Crippen LogP contribution in [0.4, 0.5) is 0 Å². The van der Waals surface area contributed by atoms with Gasteiger partial charge < -0.3 is 10.1 Å². The van der Waals surface area contributed by atoms with Crippen molar-refractivity contribution in [3.05, 3.63) is 46.4 Å². The molecule has 0 radical (unpaired) electrons. The van der Waals surface area contributed by atoms with Gasteiger partial charge in [-0.05, 0) is 37.1 Å². The first-order valence-electron chi connectivity index (χ1n) is 6.59. The number of nitrogens with one attached hydrogen (secondary N) is 1. The summed E-state index contributed by atoms with van der Waals surface area (Å²) in [7, 11) is 1.69. The summed E-state index contributed by atoms with van der Waals surface area (Å²) in [5.74, 6) is 0.908. The molecule has 0 fully saturated rings. The highest BCUT2D eigenvalue weighted by Crippen LogP contribution is 2.18. The molecule has 0 aliphatic heterocycles. The standard InChI is InChI=1S/C15H20N2OS/c1-3-14(15-17-10-11-19-15)16-9-8-12-4-6-13(18-2)7-5-12/h4-7,10-11,14,16H,3,8-9H2,1-2H3. The lowest BCUT2D eigenvalue weighted by molar-refractivity contribution is 0.414. The summed E-state index contributed by atoms with van der Waals surface area (Å²) in [6.07, 6.45) is 3.95. The summed E-state index contributed by atoms with van der Waals surface area (Å²) in [5, 5.41) is 6.77. The minimum absolute atomic E-state index is 0.373. The number of methoxy groups -OCH3 is 1. The van der Waals surface area contributed by atoms with Gasteiger partial charge in [-0.1, -0.05) is 19.1 Å². The monoisotopic (exact) mass is 276 g/mol. The Hall–Kier alpha value is -1.39. The normalized spacial score (nSPS) is 12.3. The Morgan fingerprint density at radius 2 is 2.11 bits per heavy atom. The Morgan fingerprint density at radius 3 is 2.68 bits per heavy atom. The highest BCUT2D eigenvalue weighted by atomic mass is 32.1. The second-order valence-corrected chi connectivity index (χ2v) is 5.31. The molecule has 0 saturated carbocycles. The van der Waals surface area contributed by atoms with Crippen molar-refractivity contribution in [1.82, 2.24) is 10.3 Å². The quantitative estimate of drug-likeness (QED) is 0.841. The first-order valence-corrected chi connectivity index (χ1v) is 7.47. The van der Waals surface area contributed by atoms with Crippen LogP contribution in [0.25, 0.3) is 0 Å². The SMILES string of the molecule is CCC(NCCc1ccc(OC)cc1)c1nccs1. The van der Waals surface area contributed by atoms with E-state index in [1.165, 1.54) is 10.6 Å². The molecule has 2 rings (SSSR count). The molecule has 0 aliphatic rings. The molecule has 1 aromatic carbocycles. The molecule has 1 atom stereocenters. The van der Waals surface area contributed by atoms with Gasteiger partial charge in [-0.2, -0.15) is 0 Å². The number of rotatable bonds is 7. The first-order chi connectivity index (χ1) is 9.33. The van der Waals surface area contributed by atoms with E-state index < -0.39 is 0 Å². The average molecular weight is 276 g/mol. The molecule has 1 heterocycles. The van der Waals surface area contributed by atoms with Gasteiger partial charge in [-0.15, -0.1) is 11.3 Å². The fraction of sp³-hybridized carbons (Fsp3) is 0.400. The summed E-state index contributed by atoms with van der Waals surface area (Å²) in [6, 6.07) is 8.62. The predicted octanol–water partition coefficient (Wildman–Crippen LogP) is 3.44. The average Bonchev–Trinajstić information content (AvgIpc) is 2.98. The van der Waals surface area contributed by atoms with Crippen molar-refractivity contribution in [3.63, 3.8) is 0 Å². The van der Waals surface area contributed by atoms with Gasteiger partial charge in [0.1, 0.15) is 10.8 Å². The Labute approximate surface area is 118 Å². The number of thiazole rings is 1. The molecule has 0 saturated heterocycles. The third-order valence-corrected chi connectivity index (χ3v) is 4.01. The Balaban J connectivity index is 1.81. The summed E-state index contributed by atoms with van der Waals surface area (Å²) < 4.78 is 5.16. The van der Waals surface area contributed by atoms with Gasteiger partial charge in [0.05, 0.1) is 13.2 Å². The number of aromatic nitrogens is 1. The van der Waals surface area contributed by atoms with E-state index in [-0.39, 0.29) is 0 Å². The molecule has 19 heavy (non-hydrogen) atoms. The van der Waals surface area contributed by atoms with Gasteiger partial charge in [-0.25, -0.2) is 4.98 Å². The van der Waals surface area contributed by atoms with Crippen LogP contribution in [0.5, 0.6) is 5.75 Å². The van der Waals surface area contributed by atoms with Gasteiger partial charge in [-0.3, -0.25) is 0 Å².